The predicted molar refractivity (Wildman–Crippen MR) is 70.5 cm³/mol. The quantitative estimate of drug-likeness (QED) is 0.895. The SMILES string of the molecule is CNC(Cc1ccc(OC)nc1)c1cncc(F)c1. The number of halogens is 1. The van der Waals surface area contributed by atoms with Crippen LogP contribution in [-0.2, 0) is 6.42 Å². The van der Waals surface area contributed by atoms with Crippen LogP contribution in [0, 0.1) is 5.82 Å². The molecule has 0 radical (unpaired) electrons. The molecule has 2 aromatic rings. The zero-order valence-electron chi connectivity index (χ0n) is 10.9. The molecule has 19 heavy (non-hydrogen) atoms. The van der Waals surface area contributed by atoms with Gasteiger partial charge in [-0.2, -0.15) is 0 Å². The lowest BCUT2D eigenvalue weighted by atomic mass is 10.0. The van der Waals surface area contributed by atoms with Crippen molar-refractivity contribution in [3.05, 3.63) is 53.7 Å². The fourth-order valence-electron chi connectivity index (χ4n) is 1.89. The van der Waals surface area contributed by atoms with Crippen LogP contribution in [0.2, 0.25) is 0 Å². The Balaban J connectivity index is 2.14. The Morgan fingerprint density at radius 3 is 2.74 bits per heavy atom. The molecule has 0 aliphatic rings. The molecule has 2 aromatic heterocycles. The van der Waals surface area contributed by atoms with Crippen LogP contribution in [0.5, 0.6) is 5.88 Å². The second-order valence-corrected chi connectivity index (χ2v) is 4.19. The number of hydrogen-bond donors (Lipinski definition) is 1. The minimum atomic E-state index is -0.328. The van der Waals surface area contributed by atoms with E-state index in [0.29, 0.717) is 12.3 Å². The maximum atomic E-state index is 13.2. The zero-order chi connectivity index (χ0) is 13.7. The first-order valence-corrected chi connectivity index (χ1v) is 5.99. The van der Waals surface area contributed by atoms with E-state index in [9.17, 15) is 4.39 Å². The first-order valence-electron chi connectivity index (χ1n) is 5.99. The maximum absolute atomic E-state index is 13.2. The molecule has 5 heteroatoms. The second kappa shape index (κ2) is 6.24. The lowest BCUT2D eigenvalue weighted by molar-refractivity contribution is 0.397. The number of ether oxygens (including phenoxy) is 1. The topological polar surface area (TPSA) is 47.0 Å². The molecule has 0 amide bonds. The van der Waals surface area contributed by atoms with Gasteiger partial charge in [0.1, 0.15) is 5.82 Å². The second-order valence-electron chi connectivity index (χ2n) is 4.19. The van der Waals surface area contributed by atoms with Gasteiger partial charge in [-0.1, -0.05) is 6.07 Å². The van der Waals surface area contributed by atoms with Gasteiger partial charge in [-0.05, 0) is 30.7 Å². The minimum Gasteiger partial charge on any atom is -0.481 e. The van der Waals surface area contributed by atoms with Gasteiger partial charge < -0.3 is 10.1 Å². The minimum absolute atomic E-state index is 0.00149. The highest BCUT2D eigenvalue weighted by Crippen LogP contribution is 2.18. The van der Waals surface area contributed by atoms with Gasteiger partial charge in [-0.25, -0.2) is 9.37 Å². The van der Waals surface area contributed by atoms with Crippen molar-refractivity contribution in [2.45, 2.75) is 12.5 Å². The van der Waals surface area contributed by atoms with Crippen molar-refractivity contribution in [1.82, 2.24) is 15.3 Å². The van der Waals surface area contributed by atoms with E-state index in [-0.39, 0.29) is 11.9 Å². The Morgan fingerprint density at radius 2 is 2.16 bits per heavy atom. The summed E-state index contributed by atoms with van der Waals surface area (Å²) < 4.78 is 18.2. The first-order chi connectivity index (χ1) is 9.22. The fourth-order valence-corrected chi connectivity index (χ4v) is 1.89. The molecule has 1 atom stereocenters. The van der Waals surface area contributed by atoms with E-state index in [1.165, 1.54) is 12.3 Å². The molecule has 100 valence electrons. The van der Waals surface area contributed by atoms with Gasteiger partial charge in [0.15, 0.2) is 0 Å². The van der Waals surface area contributed by atoms with Crippen molar-refractivity contribution in [3.63, 3.8) is 0 Å². The fraction of sp³-hybridized carbons (Fsp3) is 0.286. The molecule has 1 N–H and O–H groups in total. The van der Waals surface area contributed by atoms with Gasteiger partial charge in [0, 0.05) is 24.5 Å². The van der Waals surface area contributed by atoms with E-state index >= 15 is 0 Å². The first kappa shape index (κ1) is 13.4. The van der Waals surface area contributed by atoms with Crippen LogP contribution in [0.25, 0.3) is 0 Å². The van der Waals surface area contributed by atoms with E-state index in [1.54, 1.807) is 19.5 Å². The number of nitrogens with zero attached hydrogens (tertiary/aromatic N) is 2. The number of methoxy groups -OCH3 is 1. The maximum Gasteiger partial charge on any atom is 0.212 e. The van der Waals surface area contributed by atoms with Crippen molar-refractivity contribution in [2.24, 2.45) is 0 Å². The Labute approximate surface area is 111 Å². The largest absolute Gasteiger partial charge is 0.481 e. The summed E-state index contributed by atoms with van der Waals surface area (Å²) in [5, 5.41) is 3.16. The molecule has 0 aliphatic heterocycles. The van der Waals surface area contributed by atoms with Gasteiger partial charge in [-0.15, -0.1) is 0 Å². The summed E-state index contributed by atoms with van der Waals surface area (Å²) in [6.07, 6.45) is 5.33. The summed E-state index contributed by atoms with van der Waals surface area (Å²) in [6.45, 7) is 0. The number of rotatable bonds is 5. The van der Waals surface area contributed by atoms with Crippen molar-refractivity contribution in [3.8, 4) is 5.88 Å². The Hall–Kier alpha value is -2.01. The van der Waals surface area contributed by atoms with Crippen LogP contribution < -0.4 is 10.1 Å². The molecule has 4 nitrogen and oxygen atoms in total. The Morgan fingerprint density at radius 1 is 1.32 bits per heavy atom. The van der Waals surface area contributed by atoms with Crippen LogP contribution in [0.4, 0.5) is 4.39 Å². The molecular weight excluding hydrogens is 245 g/mol. The van der Waals surface area contributed by atoms with Gasteiger partial charge in [0.05, 0.1) is 13.3 Å². The van der Waals surface area contributed by atoms with Crippen molar-refractivity contribution in [1.29, 1.82) is 0 Å². The van der Waals surface area contributed by atoms with Crippen molar-refractivity contribution in [2.75, 3.05) is 14.2 Å². The van der Waals surface area contributed by atoms with Gasteiger partial charge in [-0.3, -0.25) is 4.98 Å². The Kier molecular flexibility index (Phi) is 4.41. The molecule has 0 bridgehead atoms. The summed E-state index contributed by atoms with van der Waals surface area (Å²) in [7, 11) is 3.42. The summed E-state index contributed by atoms with van der Waals surface area (Å²) >= 11 is 0. The summed E-state index contributed by atoms with van der Waals surface area (Å²) in [5.74, 6) is 0.253. The van der Waals surface area contributed by atoms with Crippen molar-refractivity contribution < 1.29 is 9.13 Å². The number of hydrogen-bond acceptors (Lipinski definition) is 4. The van der Waals surface area contributed by atoms with Gasteiger partial charge in [0.2, 0.25) is 5.88 Å². The molecule has 1 unspecified atom stereocenters. The van der Waals surface area contributed by atoms with Crippen molar-refractivity contribution >= 4 is 0 Å². The average Bonchev–Trinajstić information content (AvgIpc) is 2.45. The van der Waals surface area contributed by atoms with Crippen LogP contribution in [0.3, 0.4) is 0 Å². The predicted octanol–water partition coefficient (Wildman–Crippen LogP) is 2.13. The third kappa shape index (κ3) is 3.48. The summed E-state index contributed by atoms with van der Waals surface area (Å²) in [6, 6.07) is 5.25. The van der Waals surface area contributed by atoms with Crippen LogP contribution in [-0.4, -0.2) is 24.1 Å². The summed E-state index contributed by atoms with van der Waals surface area (Å²) in [4.78, 5) is 8.03. The molecule has 0 saturated carbocycles. The molecule has 0 aromatic carbocycles. The van der Waals surface area contributed by atoms with Crippen LogP contribution in [0.1, 0.15) is 17.2 Å². The number of nitrogens with one attached hydrogen (secondary N) is 1. The molecular formula is C14H16FN3O. The normalized spacial score (nSPS) is 12.2. The highest BCUT2D eigenvalue weighted by molar-refractivity contribution is 5.22. The lowest BCUT2D eigenvalue weighted by Gasteiger charge is -2.16. The molecule has 0 spiro atoms. The number of aromatic nitrogens is 2. The zero-order valence-corrected chi connectivity index (χ0v) is 10.9. The van der Waals surface area contributed by atoms with E-state index in [2.05, 4.69) is 15.3 Å². The van der Waals surface area contributed by atoms with E-state index in [0.717, 1.165) is 11.1 Å². The van der Waals surface area contributed by atoms with Crippen LogP contribution >= 0.6 is 0 Å². The highest BCUT2D eigenvalue weighted by Gasteiger charge is 2.11. The third-order valence-corrected chi connectivity index (χ3v) is 2.92. The average molecular weight is 261 g/mol. The van der Waals surface area contributed by atoms with Crippen LogP contribution in [0.15, 0.2) is 36.8 Å². The number of likely N-dealkylation sites (N-methyl/N-ethyl adjacent to an activating group) is 1. The molecule has 0 fully saturated rings. The third-order valence-electron chi connectivity index (χ3n) is 2.92. The van der Waals surface area contributed by atoms with E-state index in [4.69, 9.17) is 4.74 Å². The molecule has 2 heterocycles. The van der Waals surface area contributed by atoms with Gasteiger partial charge in [0.25, 0.3) is 0 Å². The molecule has 2 rings (SSSR count). The summed E-state index contributed by atoms with van der Waals surface area (Å²) in [5.41, 5.74) is 1.86. The number of pyridine rings is 2. The molecule has 0 saturated heterocycles. The lowest BCUT2D eigenvalue weighted by Crippen LogP contribution is -2.19. The standard InChI is InChI=1S/C14H16FN3O/c1-16-13(11-6-12(15)9-17-8-11)5-10-3-4-14(19-2)18-7-10/h3-4,6-9,13,16H,5H2,1-2H3. The Bertz CT molecular complexity index is 530. The highest BCUT2D eigenvalue weighted by atomic mass is 19.1. The van der Waals surface area contributed by atoms with E-state index < -0.39 is 0 Å². The van der Waals surface area contributed by atoms with Gasteiger partial charge >= 0.3 is 0 Å². The monoisotopic (exact) mass is 261 g/mol. The van der Waals surface area contributed by atoms with E-state index in [1.807, 2.05) is 19.2 Å². The molecule has 0 aliphatic carbocycles. The smallest absolute Gasteiger partial charge is 0.212 e.